The predicted octanol–water partition coefficient (Wildman–Crippen LogP) is 1.01. The van der Waals surface area contributed by atoms with Crippen LogP contribution in [-0.2, 0) is 9.84 Å². The molecule has 0 amide bonds. The molecule has 2 fully saturated rings. The van der Waals surface area contributed by atoms with Crippen molar-refractivity contribution in [3.05, 3.63) is 0 Å². The van der Waals surface area contributed by atoms with E-state index in [1.54, 1.807) is 0 Å². The lowest BCUT2D eigenvalue weighted by Crippen LogP contribution is -2.43. The number of hydrogen-bond acceptors (Lipinski definition) is 4. The Labute approximate surface area is 103 Å². The number of hydrogen-bond donors (Lipinski definition) is 2. The zero-order valence-corrected chi connectivity index (χ0v) is 10.9. The van der Waals surface area contributed by atoms with Crippen molar-refractivity contribution in [2.45, 2.75) is 74.1 Å². The van der Waals surface area contributed by atoms with Gasteiger partial charge < -0.3 is 10.2 Å². The molecule has 2 aliphatic carbocycles. The first-order chi connectivity index (χ1) is 8.01. The van der Waals surface area contributed by atoms with Gasteiger partial charge in [0.15, 0.2) is 9.84 Å². The van der Waals surface area contributed by atoms with Crippen molar-refractivity contribution in [1.82, 2.24) is 0 Å². The molecule has 0 saturated heterocycles. The SMILES string of the molecule is O=S(=O)(C1CCC(O)CC1)C1CCCCC1O. The summed E-state index contributed by atoms with van der Waals surface area (Å²) < 4.78 is 24.8. The van der Waals surface area contributed by atoms with Crippen LogP contribution in [0.4, 0.5) is 0 Å². The summed E-state index contributed by atoms with van der Waals surface area (Å²) in [6.07, 6.45) is 4.27. The Bertz CT molecular complexity index is 344. The lowest BCUT2D eigenvalue weighted by Gasteiger charge is -2.33. The third-order valence-electron chi connectivity index (χ3n) is 4.20. The maximum atomic E-state index is 12.4. The second-order valence-electron chi connectivity index (χ2n) is 5.41. The summed E-state index contributed by atoms with van der Waals surface area (Å²) in [6, 6.07) is 0. The molecule has 0 aromatic rings. The summed E-state index contributed by atoms with van der Waals surface area (Å²) in [5, 5.41) is 18.4. The molecule has 0 heterocycles. The van der Waals surface area contributed by atoms with Crippen LogP contribution in [0.1, 0.15) is 51.4 Å². The molecule has 0 aliphatic heterocycles. The normalized spacial score (nSPS) is 40.1. The van der Waals surface area contributed by atoms with Crippen LogP contribution < -0.4 is 0 Å². The first kappa shape index (κ1) is 13.3. The van der Waals surface area contributed by atoms with Crippen LogP contribution in [0, 0.1) is 0 Å². The van der Waals surface area contributed by atoms with Crippen LogP contribution in [0.2, 0.25) is 0 Å². The molecule has 0 aromatic heterocycles. The van der Waals surface area contributed by atoms with E-state index < -0.39 is 21.2 Å². The van der Waals surface area contributed by atoms with Crippen molar-refractivity contribution in [2.75, 3.05) is 0 Å². The second-order valence-corrected chi connectivity index (χ2v) is 7.86. The van der Waals surface area contributed by atoms with Crippen LogP contribution in [0.15, 0.2) is 0 Å². The fraction of sp³-hybridized carbons (Fsp3) is 1.00. The molecule has 2 rings (SSSR count). The van der Waals surface area contributed by atoms with Gasteiger partial charge >= 0.3 is 0 Å². The number of rotatable bonds is 2. The minimum absolute atomic E-state index is 0.335. The zero-order valence-electron chi connectivity index (χ0n) is 10.1. The smallest absolute Gasteiger partial charge is 0.158 e. The third-order valence-corrected chi connectivity index (χ3v) is 6.99. The third kappa shape index (κ3) is 2.83. The van der Waals surface area contributed by atoms with Gasteiger partial charge in [0.25, 0.3) is 0 Å². The molecule has 0 aromatic carbocycles. The highest BCUT2D eigenvalue weighted by atomic mass is 32.2. The van der Waals surface area contributed by atoms with E-state index in [4.69, 9.17) is 0 Å². The Balaban J connectivity index is 2.07. The molecule has 2 unspecified atom stereocenters. The quantitative estimate of drug-likeness (QED) is 0.779. The Morgan fingerprint density at radius 3 is 2.00 bits per heavy atom. The molecule has 2 atom stereocenters. The molecular formula is C12H22O4S. The van der Waals surface area contributed by atoms with Gasteiger partial charge in [0, 0.05) is 0 Å². The molecule has 4 nitrogen and oxygen atoms in total. The van der Waals surface area contributed by atoms with E-state index in [1.165, 1.54) is 0 Å². The molecule has 5 heteroatoms. The molecule has 0 bridgehead atoms. The fourth-order valence-electron chi connectivity index (χ4n) is 3.08. The van der Waals surface area contributed by atoms with Gasteiger partial charge in [-0.05, 0) is 38.5 Å². The van der Waals surface area contributed by atoms with Crippen LogP contribution in [0.25, 0.3) is 0 Å². The molecular weight excluding hydrogens is 240 g/mol. The lowest BCUT2D eigenvalue weighted by molar-refractivity contribution is 0.125. The van der Waals surface area contributed by atoms with Crippen LogP contribution in [0.3, 0.4) is 0 Å². The van der Waals surface area contributed by atoms with E-state index in [2.05, 4.69) is 0 Å². The first-order valence-corrected chi connectivity index (χ1v) is 8.21. The van der Waals surface area contributed by atoms with Gasteiger partial charge in [-0.25, -0.2) is 8.42 Å². The van der Waals surface area contributed by atoms with Crippen LogP contribution in [-0.4, -0.2) is 41.3 Å². The standard InChI is InChI=1S/C12H22O4S/c13-9-5-7-10(8-6-9)17(15,16)12-4-2-1-3-11(12)14/h9-14H,1-8H2. The van der Waals surface area contributed by atoms with E-state index in [-0.39, 0.29) is 11.4 Å². The molecule has 2 aliphatic rings. The topological polar surface area (TPSA) is 74.6 Å². The summed E-state index contributed by atoms with van der Waals surface area (Å²) in [4.78, 5) is 0. The van der Waals surface area contributed by atoms with Gasteiger partial charge in [-0.3, -0.25) is 0 Å². The Morgan fingerprint density at radius 1 is 0.824 bits per heavy atom. The zero-order chi connectivity index (χ0) is 12.5. The van der Waals surface area contributed by atoms with Gasteiger partial charge in [-0.1, -0.05) is 12.8 Å². The highest BCUT2D eigenvalue weighted by Crippen LogP contribution is 2.32. The largest absolute Gasteiger partial charge is 0.393 e. The summed E-state index contributed by atoms with van der Waals surface area (Å²) in [7, 11) is -3.22. The number of sulfone groups is 1. The van der Waals surface area contributed by atoms with Gasteiger partial charge in [0.05, 0.1) is 22.7 Å². The fourth-order valence-corrected chi connectivity index (χ4v) is 5.57. The van der Waals surface area contributed by atoms with Crippen LogP contribution in [0.5, 0.6) is 0 Å². The average molecular weight is 262 g/mol. The molecule has 0 spiro atoms. The van der Waals surface area contributed by atoms with Crippen molar-refractivity contribution in [2.24, 2.45) is 0 Å². The molecule has 17 heavy (non-hydrogen) atoms. The van der Waals surface area contributed by atoms with E-state index in [0.29, 0.717) is 38.5 Å². The van der Waals surface area contributed by atoms with Crippen LogP contribution >= 0.6 is 0 Å². The molecule has 2 saturated carbocycles. The van der Waals surface area contributed by atoms with E-state index in [1.807, 2.05) is 0 Å². The van der Waals surface area contributed by atoms with Crippen molar-refractivity contribution in [1.29, 1.82) is 0 Å². The van der Waals surface area contributed by atoms with E-state index in [9.17, 15) is 18.6 Å². The Morgan fingerprint density at radius 2 is 1.41 bits per heavy atom. The van der Waals surface area contributed by atoms with Gasteiger partial charge in [-0.15, -0.1) is 0 Å². The first-order valence-electron chi connectivity index (χ1n) is 6.60. The number of aliphatic hydroxyl groups excluding tert-OH is 2. The lowest BCUT2D eigenvalue weighted by atomic mass is 9.97. The summed E-state index contributed by atoms with van der Waals surface area (Å²) in [5.41, 5.74) is 0. The summed E-state index contributed by atoms with van der Waals surface area (Å²) in [5.74, 6) is 0. The minimum atomic E-state index is -3.22. The number of aliphatic hydroxyl groups is 2. The van der Waals surface area contributed by atoms with E-state index >= 15 is 0 Å². The van der Waals surface area contributed by atoms with E-state index in [0.717, 1.165) is 12.8 Å². The highest BCUT2D eigenvalue weighted by molar-refractivity contribution is 7.92. The average Bonchev–Trinajstić information content (AvgIpc) is 2.30. The maximum Gasteiger partial charge on any atom is 0.158 e. The Hall–Kier alpha value is -0.130. The van der Waals surface area contributed by atoms with Gasteiger partial charge in [0.1, 0.15) is 0 Å². The molecule has 100 valence electrons. The van der Waals surface area contributed by atoms with Crippen molar-refractivity contribution >= 4 is 9.84 Å². The maximum absolute atomic E-state index is 12.4. The van der Waals surface area contributed by atoms with Crippen molar-refractivity contribution in [3.63, 3.8) is 0 Å². The monoisotopic (exact) mass is 262 g/mol. The van der Waals surface area contributed by atoms with Gasteiger partial charge in [-0.2, -0.15) is 0 Å². The van der Waals surface area contributed by atoms with Crippen molar-refractivity contribution < 1.29 is 18.6 Å². The van der Waals surface area contributed by atoms with Crippen molar-refractivity contribution in [3.8, 4) is 0 Å². The predicted molar refractivity (Wildman–Crippen MR) is 65.4 cm³/mol. The molecule has 0 radical (unpaired) electrons. The summed E-state index contributed by atoms with van der Waals surface area (Å²) >= 11 is 0. The van der Waals surface area contributed by atoms with Gasteiger partial charge in [0.2, 0.25) is 0 Å². The molecule has 2 N–H and O–H groups in total. The highest BCUT2D eigenvalue weighted by Gasteiger charge is 2.40. The second kappa shape index (κ2) is 5.24. The summed E-state index contributed by atoms with van der Waals surface area (Å²) in [6.45, 7) is 0. The minimum Gasteiger partial charge on any atom is -0.393 e. The Kier molecular flexibility index (Phi) is 4.10.